The van der Waals surface area contributed by atoms with Crippen LogP contribution in [-0.2, 0) is 0 Å². The Morgan fingerprint density at radius 2 is 1.74 bits per heavy atom. The summed E-state index contributed by atoms with van der Waals surface area (Å²) >= 11 is 0. The molecule has 0 aliphatic carbocycles. The van der Waals surface area contributed by atoms with E-state index in [4.69, 9.17) is 4.74 Å². The number of nitrogens with one attached hydrogen (secondary N) is 1. The zero-order chi connectivity index (χ0) is 19.8. The predicted octanol–water partition coefficient (Wildman–Crippen LogP) is 3.91. The minimum Gasteiger partial charge on any atom is -0.495 e. The Bertz CT molecular complexity index is 799. The van der Waals surface area contributed by atoms with Crippen LogP contribution in [0.2, 0.25) is 0 Å². The average molecular weight is 369 g/mol. The maximum Gasteiger partial charge on any atom is 0.274 e. The fourth-order valence-corrected chi connectivity index (χ4v) is 2.80. The van der Waals surface area contributed by atoms with Crippen LogP contribution < -0.4 is 10.1 Å². The number of carbonyl (C=O) groups is 2. The molecule has 0 radical (unpaired) electrons. The van der Waals surface area contributed by atoms with Crippen molar-refractivity contribution in [3.05, 3.63) is 53.3 Å². The van der Waals surface area contributed by atoms with Gasteiger partial charge in [0.1, 0.15) is 17.1 Å². The summed E-state index contributed by atoms with van der Waals surface area (Å²) in [7, 11) is 1.55. The molecule has 0 saturated carbocycles. The number of amides is 2. The number of nitrogens with zero attached hydrogens (tertiary/aromatic N) is 2. The minimum atomic E-state index is -0.383. The Morgan fingerprint density at radius 3 is 2.37 bits per heavy atom. The van der Waals surface area contributed by atoms with E-state index in [1.54, 1.807) is 36.3 Å². The Hall–Kier alpha value is -2.89. The topological polar surface area (TPSA) is 71.5 Å². The molecule has 0 aliphatic heterocycles. The molecule has 2 aromatic rings. The Kier molecular flexibility index (Phi) is 7.34. The first kappa shape index (κ1) is 20.4. The number of pyridine rings is 1. The van der Waals surface area contributed by atoms with Crippen molar-refractivity contribution in [3.63, 3.8) is 0 Å². The Balaban J connectivity index is 2.22. The number of benzene rings is 1. The van der Waals surface area contributed by atoms with Crippen molar-refractivity contribution in [2.75, 3.05) is 25.5 Å². The van der Waals surface area contributed by atoms with Gasteiger partial charge in [-0.3, -0.25) is 9.59 Å². The molecule has 2 amide bonds. The molecule has 0 saturated heterocycles. The molecule has 27 heavy (non-hydrogen) atoms. The van der Waals surface area contributed by atoms with E-state index in [9.17, 15) is 9.59 Å². The van der Waals surface area contributed by atoms with Gasteiger partial charge in [-0.15, -0.1) is 0 Å². The highest BCUT2D eigenvalue weighted by Gasteiger charge is 2.18. The molecule has 0 fully saturated rings. The third-order valence-corrected chi connectivity index (χ3v) is 4.08. The third-order valence-electron chi connectivity index (χ3n) is 4.08. The molecule has 0 spiro atoms. The molecule has 6 heteroatoms. The van der Waals surface area contributed by atoms with Crippen LogP contribution in [0.5, 0.6) is 5.75 Å². The maximum atomic E-state index is 12.7. The van der Waals surface area contributed by atoms with Crippen LogP contribution in [0.4, 0.5) is 5.69 Å². The monoisotopic (exact) mass is 369 g/mol. The lowest BCUT2D eigenvalue weighted by molar-refractivity contribution is 0.0749. The highest BCUT2D eigenvalue weighted by atomic mass is 16.5. The SMILES string of the molecule is CCCN(CCC)C(=O)c1cccc(C(=O)Nc2cc(C)ccc2OC)n1. The van der Waals surface area contributed by atoms with Crippen LogP contribution in [0, 0.1) is 6.92 Å². The summed E-state index contributed by atoms with van der Waals surface area (Å²) in [4.78, 5) is 31.4. The number of aromatic nitrogens is 1. The number of hydrogen-bond donors (Lipinski definition) is 1. The summed E-state index contributed by atoms with van der Waals surface area (Å²) in [5, 5.41) is 2.81. The van der Waals surface area contributed by atoms with Gasteiger partial charge in [0.05, 0.1) is 12.8 Å². The molecule has 1 heterocycles. The van der Waals surface area contributed by atoms with Crippen molar-refractivity contribution >= 4 is 17.5 Å². The molecular weight excluding hydrogens is 342 g/mol. The molecule has 0 unspecified atom stereocenters. The van der Waals surface area contributed by atoms with Gasteiger partial charge in [0, 0.05) is 13.1 Å². The maximum absolute atomic E-state index is 12.7. The van der Waals surface area contributed by atoms with Crippen LogP contribution in [0.3, 0.4) is 0 Å². The lowest BCUT2D eigenvalue weighted by Gasteiger charge is -2.21. The van der Waals surface area contributed by atoms with E-state index in [2.05, 4.69) is 10.3 Å². The second kappa shape index (κ2) is 9.71. The van der Waals surface area contributed by atoms with Gasteiger partial charge in [-0.05, 0) is 49.6 Å². The summed E-state index contributed by atoms with van der Waals surface area (Å²) in [5.41, 5.74) is 2.04. The van der Waals surface area contributed by atoms with E-state index >= 15 is 0 Å². The van der Waals surface area contributed by atoms with Crippen molar-refractivity contribution < 1.29 is 14.3 Å². The molecular formula is C21H27N3O3. The van der Waals surface area contributed by atoms with E-state index in [0.29, 0.717) is 24.5 Å². The van der Waals surface area contributed by atoms with Gasteiger partial charge in [0.2, 0.25) is 0 Å². The number of aryl methyl sites for hydroxylation is 1. The smallest absolute Gasteiger partial charge is 0.274 e. The van der Waals surface area contributed by atoms with Crippen LogP contribution >= 0.6 is 0 Å². The first-order valence-corrected chi connectivity index (χ1v) is 9.22. The first-order chi connectivity index (χ1) is 13.0. The molecule has 6 nitrogen and oxygen atoms in total. The molecule has 1 aromatic heterocycles. The van der Waals surface area contributed by atoms with Crippen molar-refractivity contribution in [1.29, 1.82) is 0 Å². The number of methoxy groups -OCH3 is 1. The summed E-state index contributed by atoms with van der Waals surface area (Å²) in [6, 6.07) is 10.4. The lowest BCUT2D eigenvalue weighted by Crippen LogP contribution is -2.33. The second-order valence-electron chi connectivity index (χ2n) is 6.36. The fourth-order valence-electron chi connectivity index (χ4n) is 2.80. The molecule has 0 atom stereocenters. The van der Waals surface area contributed by atoms with Crippen molar-refractivity contribution in [2.24, 2.45) is 0 Å². The highest BCUT2D eigenvalue weighted by molar-refractivity contribution is 6.04. The number of anilines is 1. The molecule has 2 rings (SSSR count). The van der Waals surface area contributed by atoms with E-state index in [1.807, 2.05) is 32.9 Å². The van der Waals surface area contributed by atoms with Crippen molar-refractivity contribution in [1.82, 2.24) is 9.88 Å². The first-order valence-electron chi connectivity index (χ1n) is 9.22. The van der Waals surface area contributed by atoms with Gasteiger partial charge in [-0.1, -0.05) is 26.0 Å². The number of hydrogen-bond acceptors (Lipinski definition) is 4. The molecule has 0 bridgehead atoms. The predicted molar refractivity (Wildman–Crippen MR) is 106 cm³/mol. The Morgan fingerprint density at radius 1 is 1.07 bits per heavy atom. The summed E-state index contributed by atoms with van der Waals surface area (Å²) in [6.07, 6.45) is 1.75. The highest BCUT2D eigenvalue weighted by Crippen LogP contribution is 2.25. The number of carbonyl (C=O) groups excluding carboxylic acids is 2. The number of ether oxygens (including phenoxy) is 1. The largest absolute Gasteiger partial charge is 0.495 e. The molecule has 144 valence electrons. The molecule has 1 aromatic carbocycles. The summed E-state index contributed by atoms with van der Waals surface area (Å²) in [5.74, 6) is 0.0332. The normalized spacial score (nSPS) is 10.4. The van der Waals surface area contributed by atoms with E-state index < -0.39 is 0 Å². The zero-order valence-corrected chi connectivity index (χ0v) is 16.4. The summed E-state index contributed by atoms with van der Waals surface area (Å²) in [6.45, 7) is 7.34. The quantitative estimate of drug-likeness (QED) is 0.766. The summed E-state index contributed by atoms with van der Waals surface area (Å²) < 4.78 is 5.29. The van der Waals surface area contributed by atoms with Crippen molar-refractivity contribution in [3.8, 4) is 5.75 Å². The molecule has 0 aliphatic rings. The zero-order valence-electron chi connectivity index (χ0n) is 16.4. The lowest BCUT2D eigenvalue weighted by atomic mass is 10.2. The molecule has 1 N–H and O–H groups in total. The van der Waals surface area contributed by atoms with Gasteiger partial charge in [-0.25, -0.2) is 4.98 Å². The van der Waals surface area contributed by atoms with Crippen LogP contribution in [0.15, 0.2) is 36.4 Å². The van der Waals surface area contributed by atoms with Crippen LogP contribution in [-0.4, -0.2) is 41.9 Å². The van der Waals surface area contributed by atoms with E-state index in [-0.39, 0.29) is 23.2 Å². The van der Waals surface area contributed by atoms with Gasteiger partial charge >= 0.3 is 0 Å². The fraction of sp³-hybridized carbons (Fsp3) is 0.381. The third kappa shape index (κ3) is 5.29. The van der Waals surface area contributed by atoms with Crippen LogP contribution in [0.25, 0.3) is 0 Å². The van der Waals surface area contributed by atoms with E-state index in [1.165, 1.54) is 0 Å². The minimum absolute atomic E-state index is 0.151. The van der Waals surface area contributed by atoms with Gasteiger partial charge < -0.3 is 15.0 Å². The number of rotatable bonds is 8. The van der Waals surface area contributed by atoms with E-state index in [0.717, 1.165) is 18.4 Å². The van der Waals surface area contributed by atoms with Gasteiger partial charge in [0.15, 0.2) is 0 Å². The van der Waals surface area contributed by atoms with Gasteiger partial charge in [-0.2, -0.15) is 0 Å². The van der Waals surface area contributed by atoms with Crippen LogP contribution in [0.1, 0.15) is 53.2 Å². The Labute approximate surface area is 160 Å². The second-order valence-corrected chi connectivity index (χ2v) is 6.36. The average Bonchev–Trinajstić information content (AvgIpc) is 2.67. The van der Waals surface area contributed by atoms with Crippen molar-refractivity contribution in [2.45, 2.75) is 33.6 Å². The standard InChI is InChI=1S/C21H27N3O3/c1-5-12-24(13-6-2)21(26)17-9-7-8-16(22-17)20(25)23-18-14-15(3)10-11-19(18)27-4/h7-11,14H,5-6,12-13H2,1-4H3,(H,23,25). The van der Waals surface area contributed by atoms with Gasteiger partial charge in [0.25, 0.3) is 11.8 Å².